The first-order chi connectivity index (χ1) is 7.83. The lowest BCUT2D eigenvalue weighted by atomic mass is 10.3. The van der Waals surface area contributed by atoms with Crippen molar-refractivity contribution in [3.63, 3.8) is 0 Å². The minimum absolute atomic E-state index is 0. The number of nitrogens with one attached hydrogen (secondary N) is 1. The summed E-state index contributed by atoms with van der Waals surface area (Å²) in [5, 5.41) is 10.7. The highest BCUT2D eigenvalue weighted by molar-refractivity contribution is 7.45. The standard InChI is InChI=1S/C8H19N.C2H3N.H3O4P.H2O/c1-3-5-7-9-8-6-4-2;1-2-3;1-5(2,3)4;/h9H,3-8H2,1-2H3;1H3;(H3,1,2,3,4);1H2. The van der Waals surface area contributed by atoms with Crippen molar-refractivity contribution in [2.45, 2.75) is 46.5 Å². The van der Waals surface area contributed by atoms with Crippen molar-refractivity contribution in [1.29, 1.82) is 5.26 Å². The molecule has 0 aliphatic carbocycles. The molecule has 0 saturated carbocycles. The van der Waals surface area contributed by atoms with E-state index in [2.05, 4.69) is 19.2 Å². The van der Waals surface area contributed by atoms with Gasteiger partial charge < -0.3 is 25.5 Å². The third-order valence-corrected chi connectivity index (χ3v) is 1.41. The van der Waals surface area contributed by atoms with Gasteiger partial charge in [0, 0.05) is 6.92 Å². The van der Waals surface area contributed by atoms with Gasteiger partial charge in [-0.2, -0.15) is 5.26 Å². The van der Waals surface area contributed by atoms with Gasteiger partial charge in [-0.1, -0.05) is 26.7 Å². The lowest BCUT2D eigenvalue weighted by Crippen LogP contribution is -2.15. The van der Waals surface area contributed by atoms with Gasteiger partial charge in [0.1, 0.15) is 0 Å². The SMILES string of the molecule is CC#N.CCCCNCCCC.O.O=P(O)(O)O. The fourth-order valence-corrected chi connectivity index (χ4v) is 0.729. The third-order valence-electron chi connectivity index (χ3n) is 1.41. The summed E-state index contributed by atoms with van der Waals surface area (Å²) in [6, 6.07) is 1.75. The molecule has 8 heteroatoms. The Morgan fingerprint density at radius 3 is 1.50 bits per heavy atom. The van der Waals surface area contributed by atoms with E-state index in [-0.39, 0.29) is 5.48 Å². The van der Waals surface area contributed by atoms with Crippen LogP contribution in [0.4, 0.5) is 0 Å². The molecule has 0 rings (SSSR count). The number of unbranched alkanes of at least 4 members (excludes halogenated alkanes) is 2. The molecule has 0 fully saturated rings. The first kappa shape index (κ1) is 26.2. The van der Waals surface area contributed by atoms with Gasteiger partial charge in [0.25, 0.3) is 0 Å². The van der Waals surface area contributed by atoms with E-state index in [1.807, 2.05) is 0 Å². The van der Waals surface area contributed by atoms with Crippen molar-refractivity contribution in [2.75, 3.05) is 13.1 Å². The van der Waals surface area contributed by atoms with E-state index in [0.29, 0.717) is 0 Å². The first-order valence-electron chi connectivity index (χ1n) is 5.63. The average Bonchev–Trinajstić information content (AvgIpc) is 2.16. The van der Waals surface area contributed by atoms with Crippen LogP contribution in [0.1, 0.15) is 46.5 Å². The van der Waals surface area contributed by atoms with Crippen LogP contribution in [0, 0.1) is 11.3 Å². The Bertz CT molecular complexity index is 201. The zero-order chi connectivity index (χ0) is 14.2. The zero-order valence-corrected chi connectivity index (χ0v) is 12.3. The summed E-state index contributed by atoms with van der Waals surface area (Å²) in [4.78, 5) is 21.6. The second kappa shape index (κ2) is 21.8. The van der Waals surface area contributed by atoms with Gasteiger partial charge in [0.2, 0.25) is 0 Å². The highest BCUT2D eigenvalue weighted by atomic mass is 31.2. The van der Waals surface area contributed by atoms with Gasteiger partial charge in [-0.25, -0.2) is 4.57 Å². The molecule has 0 saturated heterocycles. The average molecular weight is 286 g/mol. The number of hydrogen-bond donors (Lipinski definition) is 4. The summed E-state index contributed by atoms with van der Waals surface area (Å²) in [5.74, 6) is 0. The van der Waals surface area contributed by atoms with Crippen LogP contribution in [0.3, 0.4) is 0 Å². The van der Waals surface area contributed by atoms with Crippen molar-refractivity contribution in [1.82, 2.24) is 5.32 Å². The maximum absolute atomic E-state index is 8.88. The Morgan fingerprint density at radius 1 is 1.11 bits per heavy atom. The van der Waals surface area contributed by atoms with Crippen molar-refractivity contribution < 1.29 is 24.7 Å². The maximum atomic E-state index is 8.88. The van der Waals surface area contributed by atoms with Crippen molar-refractivity contribution in [3.8, 4) is 6.07 Å². The second-order valence-electron chi connectivity index (χ2n) is 3.19. The number of nitriles is 1. The third kappa shape index (κ3) is 107. The first-order valence-corrected chi connectivity index (χ1v) is 7.19. The van der Waals surface area contributed by atoms with Crippen LogP contribution in [-0.2, 0) is 4.57 Å². The highest BCUT2D eigenvalue weighted by Gasteiger charge is 2.00. The van der Waals surface area contributed by atoms with Crippen LogP contribution in [0.25, 0.3) is 0 Å². The van der Waals surface area contributed by atoms with Crippen LogP contribution >= 0.6 is 7.82 Å². The lowest BCUT2D eigenvalue weighted by Gasteiger charge is -1.99. The normalized spacial score (nSPS) is 8.72. The molecule has 18 heavy (non-hydrogen) atoms. The zero-order valence-electron chi connectivity index (χ0n) is 11.4. The fraction of sp³-hybridized carbons (Fsp3) is 0.900. The number of rotatable bonds is 6. The second-order valence-corrected chi connectivity index (χ2v) is 4.22. The van der Waals surface area contributed by atoms with E-state index in [1.165, 1.54) is 45.7 Å². The van der Waals surface area contributed by atoms with Crippen LogP contribution in [-0.4, -0.2) is 33.2 Å². The molecule has 0 aliphatic heterocycles. The smallest absolute Gasteiger partial charge is 0.412 e. The predicted molar refractivity (Wildman–Crippen MR) is 71.8 cm³/mol. The van der Waals surface area contributed by atoms with E-state index >= 15 is 0 Å². The molecule has 0 atom stereocenters. The highest BCUT2D eigenvalue weighted by Crippen LogP contribution is 2.25. The van der Waals surface area contributed by atoms with Gasteiger partial charge in [-0.3, -0.25) is 0 Å². The topological polar surface area (TPSA) is 145 Å². The monoisotopic (exact) mass is 286 g/mol. The number of phosphoric acid groups is 1. The van der Waals surface area contributed by atoms with E-state index in [1.54, 1.807) is 6.07 Å². The Kier molecular flexibility index (Phi) is 31.6. The molecule has 0 radical (unpaired) electrons. The predicted octanol–water partition coefficient (Wildman–Crippen LogP) is 0.953. The molecule has 0 unspecified atom stereocenters. The van der Waals surface area contributed by atoms with E-state index in [4.69, 9.17) is 24.5 Å². The van der Waals surface area contributed by atoms with Crippen LogP contribution in [0.5, 0.6) is 0 Å². The van der Waals surface area contributed by atoms with Gasteiger partial charge in [-0.05, 0) is 25.9 Å². The van der Waals surface area contributed by atoms with Crippen molar-refractivity contribution >= 4 is 7.82 Å². The number of nitrogens with zero attached hydrogens (tertiary/aromatic N) is 1. The van der Waals surface area contributed by atoms with E-state index in [9.17, 15) is 0 Å². The minimum atomic E-state index is -4.64. The minimum Gasteiger partial charge on any atom is -0.412 e. The summed E-state index contributed by atoms with van der Waals surface area (Å²) in [5.41, 5.74) is 0. The van der Waals surface area contributed by atoms with Crippen LogP contribution in [0.2, 0.25) is 0 Å². The molecule has 0 aliphatic rings. The molecule has 0 aromatic heterocycles. The molecule has 0 amide bonds. The fourth-order valence-electron chi connectivity index (χ4n) is 0.729. The van der Waals surface area contributed by atoms with Crippen molar-refractivity contribution in [2.24, 2.45) is 0 Å². The Labute approximate surface area is 109 Å². The molecule has 0 aromatic carbocycles. The number of hydrogen-bond acceptors (Lipinski definition) is 3. The Hall–Kier alpha value is -0.480. The molecule has 112 valence electrons. The molecular weight excluding hydrogens is 259 g/mol. The molecule has 0 bridgehead atoms. The van der Waals surface area contributed by atoms with Gasteiger partial charge in [0.05, 0.1) is 6.07 Å². The summed E-state index contributed by atoms with van der Waals surface area (Å²) in [7, 11) is -4.64. The maximum Gasteiger partial charge on any atom is 0.466 e. The Morgan fingerprint density at radius 2 is 1.33 bits per heavy atom. The summed E-state index contributed by atoms with van der Waals surface area (Å²) in [6.45, 7) is 8.29. The van der Waals surface area contributed by atoms with E-state index in [0.717, 1.165) is 0 Å². The molecule has 0 spiro atoms. The van der Waals surface area contributed by atoms with E-state index < -0.39 is 7.82 Å². The van der Waals surface area contributed by atoms with Crippen molar-refractivity contribution in [3.05, 3.63) is 0 Å². The van der Waals surface area contributed by atoms with Gasteiger partial charge in [-0.15, -0.1) is 0 Å². The van der Waals surface area contributed by atoms with Crippen LogP contribution < -0.4 is 5.32 Å². The van der Waals surface area contributed by atoms with Gasteiger partial charge >= 0.3 is 7.82 Å². The molecule has 7 nitrogen and oxygen atoms in total. The molecular formula is C10H27N2O5P. The quantitative estimate of drug-likeness (QED) is 0.422. The van der Waals surface area contributed by atoms with Crippen LogP contribution in [0.15, 0.2) is 0 Å². The van der Waals surface area contributed by atoms with Gasteiger partial charge in [0.15, 0.2) is 0 Å². The molecule has 0 heterocycles. The lowest BCUT2D eigenvalue weighted by molar-refractivity contribution is 0.275. The summed E-state index contributed by atoms with van der Waals surface area (Å²) < 4.78 is 8.88. The summed E-state index contributed by atoms with van der Waals surface area (Å²) >= 11 is 0. The molecule has 0 aromatic rings. The Balaban J connectivity index is -0.0000000931. The summed E-state index contributed by atoms with van der Waals surface area (Å²) in [6.07, 6.45) is 5.26. The molecule has 6 N–H and O–H groups in total. The largest absolute Gasteiger partial charge is 0.466 e.